The highest BCUT2D eigenvalue weighted by atomic mass is 79.9. The van der Waals surface area contributed by atoms with Crippen molar-refractivity contribution in [1.82, 2.24) is 5.32 Å². The SMILES string of the molecule is O=C(Cl)CNC(=O)c1cccc(Br)c1. The van der Waals surface area contributed by atoms with Crippen molar-refractivity contribution in [1.29, 1.82) is 0 Å². The summed E-state index contributed by atoms with van der Waals surface area (Å²) < 4.78 is 0.808. The normalized spacial score (nSPS) is 9.57. The van der Waals surface area contributed by atoms with Crippen molar-refractivity contribution in [2.24, 2.45) is 0 Å². The van der Waals surface area contributed by atoms with Gasteiger partial charge in [-0.25, -0.2) is 0 Å². The van der Waals surface area contributed by atoms with Crippen LogP contribution in [0.4, 0.5) is 0 Å². The van der Waals surface area contributed by atoms with E-state index in [1.54, 1.807) is 18.2 Å². The molecule has 0 atom stereocenters. The third-order valence-corrected chi connectivity index (χ3v) is 2.10. The maximum absolute atomic E-state index is 11.4. The lowest BCUT2D eigenvalue weighted by Crippen LogP contribution is -2.27. The van der Waals surface area contributed by atoms with Crippen LogP contribution in [0.1, 0.15) is 10.4 Å². The zero-order valence-electron chi connectivity index (χ0n) is 7.09. The minimum atomic E-state index is -0.589. The van der Waals surface area contributed by atoms with Gasteiger partial charge >= 0.3 is 0 Å². The molecule has 0 aliphatic rings. The molecule has 0 heterocycles. The fourth-order valence-corrected chi connectivity index (χ4v) is 1.35. The van der Waals surface area contributed by atoms with E-state index in [-0.39, 0.29) is 12.5 Å². The molecule has 0 saturated heterocycles. The van der Waals surface area contributed by atoms with Crippen molar-refractivity contribution in [2.45, 2.75) is 0 Å². The number of rotatable bonds is 3. The van der Waals surface area contributed by atoms with E-state index in [1.807, 2.05) is 6.07 Å². The summed E-state index contributed by atoms with van der Waals surface area (Å²) in [4.78, 5) is 21.7. The predicted molar refractivity (Wildman–Crippen MR) is 57.3 cm³/mol. The molecule has 0 radical (unpaired) electrons. The van der Waals surface area contributed by atoms with Crippen LogP contribution in [0.3, 0.4) is 0 Å². The Morgan fingerprint density at radius 1 is 1.43 bits per heavy atom. The summed E-state index contributed by atoms with van der Waals surface area (Å²) in [5, 5.41) is 1.79. The molecule has 0 aromatic heterocycles. The second-order valence-corrected chi connectivity index (χ2v) is 3.89. The van der Waals surface area contributed by atoms with Crippen molar-refractivity contribution >= 4 is 38.7 Å². The highest BCUT2D eigenvalue weighted by Gasteiger charge is 2.06. The third-order valence-electron chi connectivity index (χ3n) is 1.47. The van der Waals surface area contributed by atoms with Gasteiger partial charge in [0.2, 0.25) is 5.24 Å². The first-order valence-electron chi connectivity index (χ1n) is 3.81. The molecule has 1 rings (SSSR count). The first-order chi connectivity index (χ1) is 6.59. The van der Waals surface area contributed by atoms with Crippen LogP contribution in [0.25, 0.3) is 0 Å². The largest absolute Gasteiger partial charge is 0.344 e. The Morgan fingerprint density at radius 3 is 2.71 bits per heavy atom. The number of carbonyl (C=O) groups is 2. The number of amides is 1. The van der Waals surface area contributed by atoms with Crippen LogP contribution in [0, 0.1) is 0 Å². The first-order valence-corrected chi connectivity index (χ1v) is 4.99. The van der Waals surface area contributed by atoms with Crippen LogP contribution in [0.5, 0.6) is 0 Å². The van der Waals surface area contributed by atoms with Crippen LogP contribution >= 0.6 is 27.5 Å². The number of carbonyl (C=O) groups excluding carboxylic acids is 2. The van der Waals surface area contributed by atoms with Gasteiger partial charge in [-0.3, -0.25) is 9.59 Å². The highest BCUT2D eigenvalue weighted by Crippen LogP contribution is 2.11. The van der Waals surface area contributed by atoms with Gasteiger partial charge in [-0.1, -0.05) is 22.0 Å². The molecule has 0 aliphatic carbocycles. The zero-order chi connectivity index (χ0) is 10.6. The van der Waals surface area contributed by atoms with Gasteiger partial charge in [0.05, 0.1) is 6.54 Å². The standard InChI is InChI=1S/C9H7BrClNO2/c10-7-3-1-2-6(4-7)9(14)12-5-8(11)13/h1-4H,5H2,(H,12,14). The summed E-state index contributed by atoms with van der Waals surface area (Å²) in [6.45, 7) is -0.160. The van der Waals surface area contributed by atoms with E-state index in [0.717, 1.165) is 4.47 Å². The molecule has 1 aromatic carbocycles. The fraction of sp³-hybridized carbons (Fsp3) is 0.111. The lowest BCUT2D eigenvalue weighted by Gasteiger charge is -2.01. The van der Waals surface area contributed by atoms with E-state index < -0.39 is 5.24 Å². The van der Waals surface area contributed by atoms with Gasteiger partial charge in [-0.15, -0.1) is 0 Å². The Balaban J connectivity index is 2.65. The van der Waals surface area contributed by atoms with E-state index in [0.29, 0.717) is 5.56 Å². The number of benzene rings is 1. The quantitative estimate of drug-likeness (QED) is 0.858. The minimum absolute atomic E-state index is 0.160. The predicted octanol–water partition coefficient (Wildman–Crippen LogP) is 1.94. The van der Waals surface area contributed by atoms with Crippen LogP contribution < -0.4 is 5.32 Å². The van der Waals surface area contributed by atoms with Crippen LogP contribution in [0.2, 0.25) is 0 Å². The second-order valence-electron chi connectivity index (χ2n) is 2.55. The molecular formula is C9H7BrClNO2. The first kappa shape index (κ1) is 11.2. The van der Waals surface area contributed by atoms with Gasteiger partial charge in [0.1, 0.15) is 0 Å². The van der Waals surface area contributed by atoms with Crippen molar-refractivity contribution in [3.63, 3.8) is 0 Å². The van der Waals surface area contributed by atoms with Gasteiger partial charge in [-0.2, -0.15) is 0 Å². The van der Waals surface area contributed by atoms with Gasteiger partial charge < -0.3 is 5.32 Å². The third kappa shape index (κ3) is 3.47. The summed E-state index contributed by atoms with van der Waals surface area (Å²) in [6, 6.07) is 6.86. The van der Waals surface area contributed by atoms with E-state index >= 15 is 0 Å². The van der Waals surface area contributed by atoms with Gasteiger partial charge in [0.25, 0.3) is 5.91 Å². The molecule has 1 amide bonds. The Morgan fingerprint density at radius 2 is 2.14 bits per heavy atom. The molecule has 0 unspecified atom stereocenters. The van der Waals surface area contributed by atoms with E-state index in [1.165, 1.54) is 0 Å². The molecule has 14 heavy (non-hydrogen) atoms. The van der Waals surface area contributed by atoms with Crippen molar-refractivity contribution in [3.05, 3.63) is 34.3 Å². The molecule has 0 saturated carbocycles. The number of hydrogen-bond acceptors (Lipinski definition) is 2. The smallest absolute Gasteiger partial charge is 0.251 e. The maximum Gasteiger partial charge on any atom is 0.251 e. The topological polar surface area (TPSA) is 46.2 Å². The van der Waals surface area contributed by atoms with Crippen molar-refractivity contribution in [3.8, 4) is 0 Å². The van der Waals surface area contributed by atoms with Gasteiger partial charge in [0.15, 0.2) is 0 Å². The summed E-state index contributed by atoms with van der Waals surface area (Å²) in [5.41, 5.74) is 0.484. The Kier molecular flexibility index (Phi) is 4.10. The van der Waals surface area contributed by atoms with E-state index in [9.17, 15) is 9.59 Å². The Bertz CT molecular complexity index is 368. The van der Waals surface area contributed by atoms with Gasteiger partial charge in [-0.05, 0) is 29.8 Å². The molecule has 3 nitrogen and oxygen atoms in total. The summed E-state index contributed by atoms with van der Waals surface area (Å²) in [7, 11) is 0. The van der Waals surface area contributed by atoms with Gasteiger partial charge in [0, 0.05) is 10.0 Å². The second kappa shape index (κ2) is 5.12. The Labute approximate surface area is 94.6 Å². The summed E-state index contributed by atoms with van der Waals surface area (Å²) in [5.74, 6) is -0.319. The monoisotopic (exact) mass is 275 g/mol. The van der Waals surface area contributed by atoms with Crippen LogP contribution in [-0.4, -0.2) is 17.7 Å². The molecule has 0 spiro atoms. The van der Waals surface area contributed by atoms with Crippen molar-refractivity contribution in [2.75, 3.05) is 6.54 Å². The van der Waals surface area contributed by atoms with Crippen molar-refractivity contribution < 1.29 is 9.59 Å². The summed E-state index contributed by atoms with van der Waals surface area (Å²) >= 11 is 8.32. The molecule has 1 aromatic rings. The molecule has 5 heteroatoms. The molecule has 0 aliphatic heterocycles. The van der Waals surface area contributed by atoms with E-state index in [2.05, 4.69) is 21.2 Å². The van der Waals surface area contributed by atoms with Crippen LogP contribution in [0.15, 0.2) is 28.7 Å². The van der Waals surface area contributed by atoms with Crippen LogP contribution in [-0.2, 0) is 4.79 Å². The fourth-order valence-electron chi connectivity index (χ4n) is 0.882. The average Bonchev–Trinajstić information content (AvgIpc) is 2.14. The Hall–Kier alpha value is -0.870. The number of halogens is 2. The molecule has 74 valence electrons. The summed E-state index contributed by atoms with van der Waals surface area (Å²) in [6.07, 6.45) is 0. The highest BCUT2D eigenvalue weighted by molar-refractivity contribution is 9.10. The molecular weight excluding hydrogens is 269 g/mol. The minimum Gasteiger partial charge on any atom is -0.344 e. The maximum atomic E-state index is 11.4. The average molecular weight is 277 g/mol. The molecule has 0 bridgehead atoms. The lowest BCUT2D eigenvalue weighted by atomic mass is 10.2. The zero-order valence-corrected chi connectivity index (χ0v) is 9.43. The lowest BCUT2D eigenvalue weighted by molar-refractivity contribution is -0.110. The number of nitrogens with one attached hydrogen (secondary N) is 1. The molecule has 1 N–H and O–H groups in total. The molecule has 0 fully saturated rings. The van der Waals surface area contributed by atoms with E-state index in [4.69, 9.17) is 11.6 Å². The number of hydrogen-bond donors (Lipinski definition) is 1.